The van der Waals surface area contributed by atoms with Crippen LogP contribution in [0.25, 0.3) is 0 Å². The van der Waals surface area contributed by atoms with Gasteiger partial charge in [0.2, 0.25) is 0 Å². The van der Waals surface area contributed by atoms with E-state index in [1.807, 2.05) is 0 Å². The van der Waals surface area contributed by atoms with E-state index in [0.717, 1.165) is 12.2 Å². The first kappa shape index (κ1) is 16.1. The van der Waals surface area contributed by atoms with E-state index in [1.54, 1.807) is 11.8 Å². The zero-order valence-corrected chi connectivity index (χ0v) is 13.6. The summed E-state index contributed by atoms with van der Waals surface area (Å²) >= 11 is 1.61. The van der Waals surface area contributed by atoms with E-state index in [-0.39, 0.29) is 5.41 Å². The van der Waals surface area contributed by atoms with Gasteiger partial charge in [-0.2, -0.15) is 0 Å². The largest absolute Gasteiger partial charge is 0.379 e. The fourth-order valence-electron chi connectivity index (χ4n) is 1.60. The van der Waals surface area contributed by atoms with E-state index in [4.69, 9.17) is 5.73 Å². The number of aliphatic imine (C=N–C) groups is 1. The van der Waals surface area contributed by atoms with E-state index >= 15 is 0 Å². The van der Waals surface area contributed by atoms with Crippen LogP contribution in [-0.4, -0.2) is 11.2 Å². The SMILES string of the molecule is CC[C@H](C)N=C(N)SCc1ccc(C(C)(C)C)cc1. The molecule has 0 aliphatic heterocycles. The van der Waals surface area contributed by atoms with Gasteiger partial charge in [-0.15, -0.1) is 0 Å². The molecular weight excluding hydrogens is 252 g/mol. The van der Waals surface area contributed by atoms with Crippen molar-refractivity contribution in [1.29, 1.82) is 0 Å². The van der Waals surface area contributed by atoms with Crippen LogP contribution in [0, 0.1) is 0 Å². The molecule has 0 radical (unpaired) electrons. The standard InChI is InChI=1S/C16H26N2S/c1-6-12(2)18-15(17)19-11-13-7-9-14(10-8-13)16(3,4)5/h7-10,12H,6,11H2,1-5H3,(H2,17,18)/t12-/m0/s1. The number of benzene rings is 1. The van der Waals surface area contributed by atoms with Crippen LogP contribution in [0.2, 0.25) is 0 Å². The van der Waals surface area contributed by atoms with E-state index in [2.05, 4.69) is 63.9 Å². The van der Waals surface area contributed by atoms with Crippen LogP contribution in [0.1, 0.15) is 52.2 Å². The molecule has 0 spiro atoms. The minimum absolute atomic E-state index is 0.211. The molecule has 106 valence electrons. The predicted octanol–water partition coefficient (Wildman–Crippen LogP) is 4.33. The van der Waals surface area contributed by atoms with E-state index < -0.39 is 0 Å². The van der Waals surface area contributed by atoms with Crippen molar-refractivity contribution in [3.63, 3.8) is 0 Å². The molecule has 3 heteroatoms. The lowest BCUT2D eigenvalue weighted by molar-refractivity contribution is 0.590. The van der Waals surface area contributed by atoms with Crippen LogP contribution in [0.4, 0.5) is 0 Å². The average molecular weight is 278 g/mol. The summed E-state index contributed by atoms with van der Waals surface area (Å²) in [4.78, 5) is 4.42. The fourth-order valence-corrected chi connectivity index (χ4v) is 2.37. The highest BCUT2D eigenvalue weighted by atomic mass is 32.2. The van der Waals surface area contributed by atoms with Crippen LogP contribution in [0.3, 0.4) is 0 Å². The third kappa shape index (κ3) is 5.68. The van der Waals surface area contributed by atoms with E-state index in [9.17, 15) is 0 Å². The van der Waals surface area contributed by atoms with Gasteiger partial charge in [0, 0.05) is 11.8 Å². The van der Waals surface area contributed by atoms with Crippen LogP contribution >= 0.6 is 11.8 Å². The molecule has 19 heavy (non-hydrogen) atoms. The van der Waals surface area contributed by atoms with Crippen LogP contribution < -0.4 is 5.73 Å². The Morgan fingerprint density at radius 1 is 1.26 bits per heavy atom. The summed E-state index contributed by atoms with van der Waals surface area (Å²) in [7, 11) is 0. The average Bonchev–Trinajstić information content (AvgIpc) is 2.35. The van der Waals surface area contributed by atoms with Crippen molar-refractivity contribution in [2.24, 2.45) is 10.7 Å². The number of amidine groups is 1. The molecule has 1 rings (SSSR count). The molecule has 0 aliphatic rings. The first-order valence-electron chi connectivity index (χ1n) is 6.88. The molecule has 0 bridgehead atoms. The maximum absolute atomic E-state index is 5.91. The van der Waals surface area contributed by atoms with Gasteiger partial charge in [0.1, 0.15) is 0 Å². The highest BCUT2D eigenvalue weighted by molar-refractivity contribution is 8.13. The van der Waals surface area contributed by atoms with Gasteiger partial charge >= 0.3 is 0 Å². The summed E-state index contributed by atoms with van der Waals surface area (Å²) in [5, 5.41) is 0.689. The Hall–Kier alpha value is -0.960. The highest BCUT2D eigenvalue weighted by Gasteiger charge is 2.12. The van der Waals surface area contributed by atoms with Crippen LogP contribution in [0.15, 0.2) is 29.3 Å². The molecule has 0 aliphatic carbocycles. The molecule has 1 atom stereocenters. The fraction of sp³-hybridized carbons (Fsp3) is 0.562. The first-order valence-corrected chi connectivity index (χ1v) is 7.87. The Bertz CT molecular complexity index is 415. The maximum Gasteiger partial charge on any atom is 0.154 e. The Morgan fingerprint density at radius 2 is 1.84 bits per heavy atom. The Balaban J connectivity index is 2.57. The van der Waals surface area contributed by atoms with Crippen molar-refractivity contribution in [3.8, 4) is 0 Å². The molecule has 0 aromatic heterocycles. The minimum Gasteiger partial charge on any atom is -0.379 e. The molecule has 2 nitrogen and oxygen atoms in total. The number of rotatable bonds is 4. The van der Waals surface area contributed by atoms with Crippen molar-refractivity contribution in [2.75, 3.05) is 0 Å². The predicted molar refractivity (Wildman–Crippen MR) is 87.8 cm³/mol. The second-order valence-corrected chi connectivity index (χ2v) is 6.96. The number of hydrogen-bond acceptors (Lipinski definition) is 2. The Labute approximate surface area is 121 Å². The molecule has 0 saturated heterocycles. The van der Waals surface area contributed by atoms with Gasteiger partial charge in [0.05, 0.1) is 0 Å². The van der Waals surface area contributed by atoms with Gasteiger partial charge in [-0.05, 0) is 29.9 Å². The van der Waals surface area contributed by atoms with Gasteiger partial charge in [0.15, 0.2) is 5.17 Å². The number of thioether (sulfide) groups is 1. The monoisotopic (exact) mass is 278 g/mol. The number of nitrogens with zero attached hydrogens (tertiary/aromatic N) is 1. The van der Waals surface area contributed by atoms with Gasteiger partial charge in [-0.1, -0.05) is 63.7 Å². The lowest BCUT2D eigenvalue weighted by Crippen LogP contribution is -2.12. The lowest BCUT2D eigenvalue weighted by atomic mass is 9.87. The molecule has 0 amide bonds. The minimum atomic E-state index is 0.211. The van der Waals surface area contributed by atoms with Crippen molar-refractivity contribution >= 4 is 16.9 Å². The van der Waals surface area contributed by atoms with Gasteiger partial charge in [-0.25, -0.2) is 0 Å². The molecule has 0 saturated carbocycles. The van der Waals surface area contributed by atoms with Crippen molar-refractivity contribution in [3.05, 3.63) is 35.4 Å². The van der Waals surface area contributed by atoms with Crippen molar-refractivity contribution < 1.29 is 0 Å². The molecular formula is C16H26N2S. The molecule has 2 N–H and O–H groups in total. The van der Waals surface area contributed by atoms with Gasteiger partial charge in [-0.3, -0.25) is 4.99 Å². The highest BCUT2D eigenvalue weighted by Crippen LogP contribution is 2.23. The molecule has 1 aromatic rings. The number of nitrogens with two attached hydrogens (primary N) is 1. The van der Waals surface area contributed by atoms with E-state index in [1.165, 1.54) is 11.1 Å². The summed E-state index contributed by atoms with van der Waals surface area (Å²) < 4.78 is 0. The molecule has 0 heterocycles. The van der Waals surface area contributed by atoms with Gasteiger partial charge in [0.25, 0.3) is 0 Å². The first-order chi connectivity index (χ1) is 8.82. The summed E-state index contributed by atoms with van der Waals surface area (Å²) in [5.74, 6) is 0.885. The van der Waals surface area contributed by atoms with Crippen molar-refractivity contribution in [2.45, 2.75) is 58.2 Å². The van der Waals surface area contributed by atoms with Gasteiger partial charge < -0.3 is 5.73 Å². The van der Waals surface area contributed by atoms with Crippen LogP contribution in [0.5, 0.6) is 0 Å². The Morgan fingerprint density at radius 3 is 2.32 bits per heavy atom. The molecule has 0 fully saturated rings. The Kier molecular flexibility index (Phi) is 5.92. The number of hydrogen-bond donors (Lipinski definition) is 1. The summed E-state index contributed by atoms with van der Waals surface area (Å²) in [5.41, 5.74) is 8.78. The maximum atomic E-state index is 5.91. The summed E-state index contributed by atoms with van der Waals surface area (Å²) in [6.07, 6.45) is 1.03. The second kappa shape index (κ2) is 6.99. The lowest BCUT2D eigenvalue weighted by Gasteiger charge is -2.19. The van der Waals surface area contributed by atoms with Crippen molar-refractivity contribution in [1.82, 2.24) is 0 Å². The quantitative estimate of drug-likeness (QED) is 0.657. The van der Waals surface area contributed by atoms with Crippen LogP contribution in [-0.2, 0) is 11.2 Å². The molecule has 1 aromatic carbocycles. The zero-order valence-electron chi connectivity index (χ0n) is 12.7. The second-order valence-electron chi connectivity index (χ2n) is 5.96. The third-order valence-electron chi connectivity index (χ3n) is 3.15. The normalized spacial score (nSPS) is 14.5. The smallest absolute Gasteiger partial charge is 0.154 e. The molecule has 0 unspecified atom stereocenters. The van der Waals surface area contributed by atoms with E-state index in [0.29, 0.717) is 11.2 Å². The topological polar surface area (TPSA) is 38.4 Å². The zero-order chi connectivity index (χ0) is 14.5. The summed E-state index contributed by atoms with van der Waals surface area (Å²) in [6, 6.07) is 9.10. The summed E-state index contributed by atoms with van der Waals surface area (Å²) in [6.45, 7) is 10.9. The third-order valence-corrected chi connectivity index (χ3v) is 4.02.